The molecule has 0 N–H and O–H groups in total. The van der Waals surface area contributed by atoms with Gasteiger partial charge in [0.05, 0.1) is 11.4 Å². The van der Waals surface area contributed by atoms with E-state index >= 15 is 0 Å². The van der Waals surface area contributed by atoms with Crippen molar-refractivity contribution in [2.75, 3.05) is 0 Å². The van der Waals surface area contributed by atoms with E-state index in [1.807, 2.05) is 66.7 Å². The maximum Gasteiger partial charge on any atom is 0.0950 e. The molecule has 3 aromatic rings. The average Bonchev–Trinajstić information content (AvgIpc) is 2.65. The van der Waals surface area contributed by atoms with Gasteiger partial charge in [0.15, 0.2) is 0 Å². The third-order valence-corrected chi connectivity index (χ3v) is 2.86. The van der Waals surface area contributed by atoms with Crippen LogP contribution < -0.4 is 0 Å². The van der Waals surface area contributed by atoms with Crippen LogP contribution >= 0.6 is 20.3 Å². The van der Waals surface area contributed by atoms with Gasteiger partial charge in [0.1, 0.15) is 0 Å². The third-order valence-electron chi connectivity index (χ3n) is 2.86. The Bertz CT molecular complexity index is 699. The zero-order chi connectivity index (χ0) is 17.0. The van der Waals surface area contributed by atoms with Crippen LogP contribution in [0, 0.1) is 0 Å². The molecule has 3 rings (SSSR count). The van der Waals surface area contributed by atoms with Crippen LogP contribution in [0.15, 0.2) is 84.2 Å². The Labute approximate surface area is 155 Å². The topological polar surface area (TPSA) is 52.2 Å². The van der Waals surface area contributed by atoms with Crippen LogP contribution in [0.25, 0.3) is 5.43 Å². The molecule has 0 radical (unpaired) electrons. The molecule has 0 atom stereocenters. The predicted molar refractivity (Wildman–Crippen MR) is 95.3 cm³/mol. The quantitative estimate of drug-likeness (QED) is 0.438. The normalized spacial score (nSPS) is 10.7. The van der Waals surface area contributed by atoms with Gasteiger partial charge in [0.2, 0.25) is 0 Å². The first-order valence-electron chi connectivity index (χ1n) is 6.85. The molecule has 0 fully saturated rings. The summed E-state index contributed by atoms with van der Waals surface area (Å²) in [4.78, 5) is 8.50. The minimum atomic E-state index is 0.382. The molecule has 0 aliphatic rings. The summed E-state index contributed by atoms with van der Waals surface area (Å²) < 4.78 is 0. The van der Waals surface area contributed by atoms with Gasteiger partial charge in [-0.05, 0) is 18.0 Å². The van der Waals surface area contributed by atoms with Crippen molar-refractivity contribution >= 4 is 31.8 Å². The van der Waals surface area contributed by atoms with Crippen molar-refractivity contribution in [3.05, 3.63) is 95.8 Å². The van der Waals surface area contributed by atoms with E-state index in [1.165, 1.54) is 0 Å². The van der Waals surface area contributed by atoms with Crippen LogP contribution in [0.1, 0.15) is 11.3 Å². The minimum Gasteiger partial charge on any atom is -0.442 e. The van der Waals surface area contributed by atoms with E-state index in [9.17, 15) is 0 Å². The Hall–Kier alpha value is -1.92. The number of pyridine rings is 2. The zero-order valence-corrected chi connectivity index (χ0v) is 14.9. The summed E-state index contributed by atoms with van der Waals surface area (Å²) in [6, 6.07) is 21.1. The fraction of sp³-hybridized carbons (Fsp3) is 0. The molecule has 24 heavy (non-hydrogen) atoms. The summed E-state index contributed by atoms with van der Waals surface area (Å²) in [6.07, 6.45) is 3.44. The van der Waals surface area contributed by atoms with Crippen molar-refractivity contribution in [1.82, 2.24) is 9.97 Å². The maximum absolute atomic E-state index is 4.73. The van der Waals surface area contributed by atoms with Crippen molar-refractivity contribution in [3.8, 4) is 0 Å². The van der Waals surface area contributed by atoms with Crippen LogP contribution in [0.4, 0.5) is 5.82 Å². The molecular weight excluding hydrogens is 390 g/mol. The molecule has 2 aromatic heterocycles. The van der Waals surface area contributed by atoms with Crippen molar-refractivity contribution in [1.29, 1.82) is 0 Å². The fourth-order valence-corrected chi connectivity index (χ4v) is 1.87. The Morgan fingerprint density at radius 2 is 1.46 bits per heavy atom. The molecule has 0 aliphatic carbocycles. The van der Waals surface area contributed by atoms with Crippen LogP contribution in [0.5, 0.6) is 0 Å². The third kappa shape index (κ3) is 5.94. The van der Waals surface area contributed by atoms with Gasteiger partial charge in [0.25, 0.3) is 0 Å². The van der Waals surface area contributed by atoms with E-state index in [-0.39, 0.29) is 0 Å². The summed E-state index contributed by atoms with van der Waals surface area (Å²) in [5.74, 6) is 0.571. The van der Waals surface area contributed by atoms with Crippen molar-refractivity contribution in [2.45, 2.75) is 0 Å². The van der Waals surface area contributed by atoms with Gasteiger partial charge in [-0.15, -0.1) is 0 Å². The van der Waals surface area contributed by atoms with Crippen molar-refractivity contribution in [3.63, 3.8) is 0 Å². The largest absolute Gasteiger partial charge is 0.442 e. The van der Waals surface area contributed by atoms with Crippen LogP contribution in [-0.4, -0.2) is 15.7 Å². The minimum absolute atomic E-state index is 0.382. The standard InChI is InChI=1S/C17H13N4.2ClH.Co/c1-2-8-14(9-3-1)17(15-10-4-6-12-18-15)21-20-16-11-5-7-13-19-16;;;/h1-13H;2*1H;/q-1;;;+2/p-2. The monoisotopic (exact) mass is 402 g/mol. The molecule has 7 heteroatoms. The van der Waals surface area contributed by atoms with Gasteiger partial charge in [-0.2, -0.15) is 0 Å². The molecular formula is C17H13Cl2CoN4-. The second-order valence-corrected chi connectivity index (χ2v) is 6.08. The first kappa shape index (κ1) is 18.4. The zero-order valence-electron chi connectivity index (χ0n) is 12.4. The van der Waals surface area contributed by atoms with Gasteiger partial charge in [-0.25, -0.2) is 0 Å². The van der Waals surface area contributed by atoms with E-state index < -0.39 is 0 Å². The number of hydrogen-bond acceptors (Lipinski definition) is 3. The second kappa shape index (κ2) is 10.8. The average molecular weight is 403 g/mol. The number of hydrogen-bond donors (Lipinski definition) is 0. The predicted octanol–water partition coefficient (Wildman–Crippen LogP) is 5.31. The Morgan fingerprint density at radius 1 is 0.833 bits per heavy atom. The summed E-state index contributed by atoms with van der Waals surface area (Å²) in [5, 5.41) is 4.35. The van der Waals surface area contributed by atoms with Crippen LogP contribution in [-0.2, 0) is 12.9 Å². The molecule has 0 saturated carbocycles. The fourth-order valence-electron chi connectivity index (χ4n) is 1.87. The smallest absolute Gasteiger partial charge is 0.0950 e. The molecule has 4 nitrogen and oxygen atoms in total. The molecule has 0 amide bonds. The molecule has 0 aliphatic heterocycles. The molecule has 125 valence electrons. The maximum atomic E-state index is 4.73. The first-order chi connectivity index (χ1) is 11.8. The Morgan fingerprint density at radius 3 is 2.04 bits per heavy atom. The molecule has 0 bridgehead atoms. The Kier molecular flexibility index (Phi) is 8.27. The van der Waals surface area contributed by atoms with Gasteiger partial charge in [-0.3, -0.25) is 10.1 Å². The van der Waals surface area contributed by atoms with Gasteiger partial charge in [0, 0.05) is 11.8 Å². The number of nitrogens with zero attached hydrogens (tertiary/aromatic N) is 4. The van der Waals surface area contributed by atoms with E-state index in [0.717, 1.165) is 17.0 Å². The van der Waals surface area contributed by atoms with Crippen LogP contribution in [0.2, 0.25) is 0 Å². The second-order valence-electron chi connectivity index (χ2n) is 4.37. The van der Waals surface area contributed by atoms with Crippen molar-refractivity contribution in [2.24, 2.45) is 5.10 Å². The molecule has 1 aromatic carbocycles. The Balaban J connectivity index is 0.000000647. The van der Waals surface area contributed by atoms with Crippen LogP contribution in [0.3, 0.4) is 0 Å². The SMILES string of the molecule is [Cl][Co][Cl].c1ccc(C(=N[N-]c2ccccn2)c2ccccn2)cc1. The summed E-state index contributed by atoms with van der Waals surface area (Å²) in [6.45, 7) is 0. The summed E-state index contributed by atoms with van der Waals surface area (Å²) in [7, 11) is 9.47. The molecule has 0 saturated heterocycles. The van der Waals surface area contributed by atoms with Crippen molar-refractivity contribution < 1.29 is 12.9 Å². The molecule has 2 heterocycles. The van der Waals surface area contributed by atoms with Gasteiger partial charge < -0.3 is 10.4 Å². The number of aromatic nitrogens is 2. The van der Waals surface area contributed by atoms with E-state index in [1.54, 1.807) is 12.4 Å². The summed E-state index contributed by atoms with van der Waals surface area (Å²) >= 11 is 0.382. The molecule has 0 spiro atoms. The van der Waals surface area contributed by atoms with E-state index in [4.69, 9.17) is 20.3 Å². The number of halogens is 2. The van der Waals surface area contributed by atoms with E-state index in [2.05, 4.69) is 20.5 Å². The van der Waals surface area contributed by atoms with Gasteiger partial charge >= 0.3 is 33.2 Å². The van der Waals surface area contributed by atoms with Gasteiger partial charge in [-0.1, -0.05) is 60.8 Å². The van der Waals surface area contributed by atoms with E-state index in [0.29, 0.717) is 18.7 Å². The number of benzene rings is 1. The molecule has 0 unspecified atom stereocenters. The number of rotatable bonds is 4. The first-order valence-corrected chi connectivity index (χ1v) is 9.72. The summed E-state index contributed by atoms with van der Waals surface area (Å²) in [5.41, 5.74) is 6.67.